The Labute approximate surface area is 111 Å². The number of benzene rings is 1. The predicted octanol–water partition coefficient (Wildman–Crippen LogP) is 3.33. The normalized spacial score (nSPS) is 17.5. The summed E-state index contributed by atoms with van der Waals surface area (Å²) in [7, 11) is 0. The van der Waals surface area contributed by atoms with Gasteiger partial charge in [-0.25, -0.2) is 0 Å². The number of rotatable bonds is 3. The Hall–Kier alpha value is -1.02. The molecule has 1 aromatic carbocycles. The van der Waals surface area contributed by atoms with Gasteiger partial charge in [0.25, 0.3) is 0 Å². The zero-order valence-corrected chi connectivity index (χ0v) is 11.9. The van der Waals surface area contributed by atoms with E-state index < -0.39 is 0 Å². The van der Waals surface area contributed by atoms with E-state index in [1.807, 2.05) is 0 Å². The first-order valence-corrected chi connectivity index (χ1v) is 7.16. The smallest absolute Gasteiger partial charge is 0.0414 e. The fraction of sp³-hybridized carbons (Fsp3) is 0.625. The summed E-state index contributed by atoms with van der Waals surface area (Å²) in [6.07, 6.45) is 2.63. The lowest BCUT2D eigenvalue weighted by Gasteiger charge is -2.36. The Bertz CT molecular complexity index is 390. The fourth-order valence-electron chi connectivity index (χ4n) is 2.95. The molecule has 1 heterocycles. The van der Waals surface area contributed by atoms with E-state index in [1.54, 1.807) is 0 Å². The van der Waals surface area contributed by atoms with Crippen LogP contribution in [0.1, 0.15) is 37.8 Å². The van der Waals surface area contributed by atoms with Gasteiger partial charge in [0, 0.05) is 25.3 Å². The predicted molar refractivity (Wildman–Crippen MR) is 78.8 cm³/mol. The molecule has 2 heteroatoms. The third kappa shape index (κ3) is 2.86. The molecule has 2 rings (SSSR count). The summed E-state index contributed by atoms with van der Waals surface area (Å²) >= 11 is 0. The number of piperidine rings is 1. The molecule has 0 amide bonds. The van der Waals surface area contributed by atoms with Crippen molar-refractivity contribution in [3.05, 3.63) is 29.3 Å². The van der Waals surface area contributed by atoms with Gasteiger partial charge in [0.2, 0.25) is 0 Å². The standard InChI is InChI=1S/C16H26N2/c1-12(2)14-6-8-18(9-7-14)16-10-13(3)4-5-15(16)11-17/h4-5,10,12,14H,6-9,11,17H2,1-3H3. The Morgan fingerprint density at radius 1 is 1.28 bits per heavy atom. The van der Waals surface area contributed by atoms with Crippen molar-refractivity contribution in [1.82, 2.24) is 0 Å². The number of nitrogens with two attached hydrogens (primary N) is 1. The Balaban J connectivity index is 2.11. The molecule has 1 fully saturated rings. The van der Waals surface area contributed by atoms with Gasteiger partial charge in [0.1, 0.15) is 0 Å². The van der Waals surface area contributed by atoms with Gasteiger partial charge >= 0.3 is 0 Å². The van der Waals surface area contributed by atoms with Crippen LogP contribution >= 0.6 is 0 Å². The molecule has 100 valence electrons. The third-order valence-electron chi connectivity index (χ3n) is 4.28. The summed E-state index contributed by atoms with van der Waals surface area (Å²) in [6, 6.07) is 6.63. The molecule has 0 unspecified atom stereocenters. The zero-order valence-electron chi connectivity index (χ0n) is 11.9. The number of anilines is 1. The maximum Gasteiger partial charge on any atom is 0.0414 e. The summed E-state index contributed by atoms with van der Waals surface area (Å²) in [5, 5.41) is 0. The first-order valence-electron chi connectivity index (χ1n) is 7.16. The van der Waals surface area contributed by atoms with Crippen molar-refractivity contribution < 1.29 is 0 Å². The van der Waals surface area contributed by atoms with E-state index in [0.29, 0.717) is 6.54 Å². The third-order valence-corrected chi connectivity index (χ3v) is 4.28. The van der Waals surface area contributed by atoms with Gasteiger partial charge in [-0.2, -0.15) is 0 Å². The van der Waals surface area contributed by atoms with Crippen LogP contribution in [0.4, 0.5) is 5.69 Å². The summed E-state index contributed by atoms with van der Waals surface area (Å²) in [5.41, 5.74) is 9.83. The molecule has 1 aliphatic rings. The molecule has 0 aliphatic carbocycles. The van der Waals surface area contributed by atoms with Crippen molar-refractivity contribution in [2.75, 3.05) is 18.0 Å². The molecule has 0 radical (unpaired) electrons. The highest BCUT2D eigenvalue weighted by Crippen LogP contribution is 2.30. The molecule has 0 saturated carbocycles. The van der Waals surface area contributed by atoms with Crippen LogP contribution in [0.5, 0.6) is 0 Å². The molecular weight excluding hydrogens is 220 g/mol. The summed E-state index contributed by atoms with van der Waals surface area (Å²) in [5.74, 6) is 1.71. The maximum atomic E-state index is 5.86. The van der Waals surface area contributed by atoms with E-state index in [1.165, 1.54) is 42.7 Å². The molecule has 0 atom stereocenters. The molecule has 0 aromatic heterocycles. The van der Waals surface area contributed by atoms with Crippen LogP contribution in [-0.4, -0.2) is 13.1 Å². The molecule has 2 nitrogen and oxygen atoms in total. The van der Waals surface area contributed by atoms with Gasteiger partial charge in [-0.1, -0.05) is 26.0 Å². The molecular formula is C16H26N2. The topological polar surface area (TPSA) is 29.3 Å². The molecule has 1 aliphatic heterocycles. The second-order valence-electron chi connectivity index (χ2n) is 5.90. The first-order chi connectivity index (χ1) is 8.61. The van der Waals surface area contributed by atoms with E-state index in [0.717, 1.165) is 11.8 Å². The average Bonchev–Trinajstić information content (AvgIpc) is 2.39. The fourth-order valence-corrected chi connectivity index (χ4v) is 2.95. The van der Waals surface area contributed by atoms with E-state index in [2.05, 4.69) is 43.9 Å². The van der Waals surface area contributed by atoms with Crippen molar-refractivity contribution in [2.45, 2.75) is 40.2 Å². The highest BCUT2D eigenvalue weighted by atomic mass is 15.1. The number of nitrogens with zero attached hydrogens (tertiary/aromatic N) is 1. The van der Waals surface area contributed by atoms with Crippen molar-refractivity contribution in [1.29, 1.82) is 0 Å². The molecule has 1 aromatic rings. The van der Waals surface area contributed by atoms with Crippen LogP contribution in [0.2, 0.25) is 0 Å². The lowest BCUT2D eigenvalue weighted by atomic mass is 9.86. The minimum absolute atomic E-state index is 0.639. The molecule has 2 N–H and O–H groups in total. The zero-order chi connectivity index (χ0) is 13.1. The van der Waals surface area contributed by atoms with Crippen LogP contribution in [-0.2, 0) is 6.54 Å². The van der Waals surface area contributed by atoms with Gasteiger partial charge < -0.3 is 10.6 Å². The number of hydrogen-bond acceptors (Lipinski definition) is 2. The highest BCUT2D eigenvalue weighted by molar-refractivity contribution is 5.55. The SMILES string of the molecule is Cc1ccc(CN)c(N2CCC(C(C)C)CC2)c1. The average molecular weight is 246 g/mol. The molecule has 1 saturated heterocycles. The van der Waals surface area contributed by atoms with E-state index in [9.17, 15) is 0 Å². The van der Waals surface area contributed by atoms with Crippen LogP contribution < -0.4 is 10.6 Å². The van der Waals surface area contributed by atoms with Crippen LogP contribution in [0.15, 0.2) is 18.2 Å². The lowest BCUT2D eigenvalue weighted by molar-refractivity contribution is 0.311. The monoisotopic (exact) mass is 246 g/mol. The Kier molecular flexibility index (Phi) is 4.28. The van der Waals surface area contributed by atoms with Gasteiger partial charge in [-0.05, 0) is 48.8 Å². The second kappa shape index (κ2) is 5.75. The van der Waals surface area contributed by atoms with Crippen molar-refractivity contribution in [2.24, 2.45) is 17.6 Å². The van der Waals surface area contributed by atoms with Crippen molar-refractivity contribution in [3.63, 3.8) is 0 Å². The van der Waals surface area contributed by atoms with Gasteiger partial charge in [-0.15, -0.1) is 0 Å². The Morgan fingerprint density at radius 2 is 1.94 bits per heavy atom. The van der Waals surface area contributed by atoms with Crippen LogP contribution in [0.25, 0.3) is 0 Å². The van der Waals surface area contributed by atoms with E-state index in [-0.39, 0.29) is 0 Å². The maximum absolute atomic E-state index is 5.86. The van der Waals surface area contributed by atoms with Crippen molar-refractivity contribution in [3.8, 4) is 0 Å². The highest BCUT2D eigenvalue weighted by Gasteiger charge is 2.22. The van der Waals surface area contributed by atoms with Gasteiger partial charge in [0.15, 0.2) is 0 Å². The van der Waals surface area contributed by atoms with E-state index in [4.69, 9.17) is 5.73 Å². The van der Waals surface area contributed by atoms with Gasteiger partial charge in [0.05, 0.1) is 0 Å². The van der Waals surface area contributed by atoms with E-state index >= 15 is 0 Å². The van der Waals surface area contributed by atoms with Crippen molar-refractivity contribution >= 4 is 5.69 Å². The second-order valence-corrected chi connectivity index (χ2v) is 5.90. The molecule has 0 spiro atoms. The Morgan fingerprint density at radius 3 is 2.50 bits per heavy atom. The summed E-state index contributed by atoms with van der Waals surface area (Å²) in [4.78, 5) is 2.52. The minimum Gasteiger partial charge on any atom is -0.371 e. The lowest BCUT2D eigenvalue weighted by Crippen LogP contribution is -2.36. The molecule has 0 bridgehead atoms. The largest absolute Gasteiger partial charge is 0.371 e. The van der Waals surface area contributed by atoms with Crippen LogP contribution in [0.3, 0.4) is 0 Å². The molecule has 18 heavy (non-hydrogen) atoms. The van der Waals surface area contributed by atoms with Crippen LogP contribution in [0, 0.1) is 18.8 Å². The number of hydrogen-bond donors (Lipinski definition) is 1. The number of aryl methyl sites for hydroxylation is 1. The minimum atomic E-state index is 0.639. The quantitative estimate of drug-likeness (QED) is 0.886. The summed E-state index contributed by atoms with van der Waals surface area (Å²) in [6.45, 7) is 9.85. The summed E-state index contributed by atoms with van der Waals surface area (Å²) < 4.78 is 0. The first kappa shape index (κ1) is 13.4. The van der Waals surface area contributed by atoms with Gasteiger partial charge in [-0.3, -0.25) is 0 Å².